The van der Waals surface area contributed by atoms with Crippen LogP contribution in [0.25, 0.3) is 10.9 Å². The van der Waals surface area contributed by atoms with E-state index >= 15 is 0 Å². The first-order valence-corrected chi connectivity index (χ1v) is 10.5. The molecule has 156 valence electrons. The van der Waals surface area contributed by atoms with E-state index in [-0.39, 0.29) is 23.9 Å². The van der Waals surface area contributed by atoms with E-state index in [2.05, 4.69) is 12.6 Å². The number of benzene rings is 2. The molecule has 0 radical (unpaired) electrons. The number of nitrogens with zero attached hydrogens (tertiary/aromatic N) is 4. The van der Waals surface area contributed by atoms with Gasteiger partial charge in [-0.2, -0.15) is 5.26 Å². The molecule has 1 aromatic heterocycles. The molecule has 4 rings (SSSR count). The van der Waals surface area contributed by atoms with Crippen molar-refractivity contribution in [2.24, 2.45) is 0 Å². The van der Waals surface area contributed by atoms with Crippen LogP contribution in [0.2, 0.25) is 0 Å². The van der Waals surface area contributed by atoms with Crippen molar-refractivity contribution < 1.29 is 4.79 Å². The number of carbonyl (C=O) groups excluding carboxylic acids is 1. The highest BCUT2D eigenvalue weighted by molar-refractivity contribution is 5.78. The summed E-state index contributed by atoms with van der Waals surface area (Å²) in [5, 5.41) is 9.58. The SMILES string of the molecule is C=CCN(Cc1ccc(C#N)cc1)C(=O)CCc1nc2ccccc2c(=O)n1C1CC1. The molecule has 1 fully saturated rings. The average Bonchev–Trinajstić information content (AvgIpc) is 3.63. The van der Waals surface area contributed by atoms with Gasteiger partial charge in [0.05, 0.1) is 22.5 Å². The van der Waals surface area contributed by atoms with Gasteiger partial charge in [0.15, 0.2) is 0 Å². The van der Waals surface area contributed by atoms with Crippen molar-refractivity contribution in [2.75, 3.05) is 6.54 Å². The zero-order valence-corrected chi connectivity index (χ0v) is 17.3. The molecule has 0 aliphatic heterocycles. The molecule has 3 aromatic rings. The molecule has 0 N–H and O–H groups in total. The van der Waals surface area contributed by atoms with Gasteiger partial charge in [-0.1, -0.05) is 30.3 Å². The summed E-state index contributed by atoms with van der Waals surface area (Å²) in [5.41, 5.74) is 2.20. The first-order chi connectivity index (χ1) is 15.1. The minimum atomic E-state index is -0.0194. The lowest BCUT2D eigenvalue weighted by molar-refractivity contribution is -0.131. The van der Waals surface area contributed by atoms with Gasteiger partial charge < -0.3 is 4.90 Å². The topological polar surface area (TPSA) is 79.0 Å². The normalized spacial score (nSPS) is 13.0. The number of para-hydroxylation sites is 1. The number of fused-ring (bicyclic) bond motifs is 1. The van der Waals surface area contributed by atoms with E-state index in [0.29, 0.717) is 41.8 Å². The van der Waals surface area contributed by atoms with E-state index in [0.717, 1.165) is 18.4 Å². The molecular weight excluding hydrogens is 388 g/mol. The van der Waals surface area contributed by atoms with E-state index in [1.165, 1.54) is 0 Å². The first-order valence-electron chi connectivity index (χ1n) is 10.5. The molecule has 0 atom stereocenters. The second-order valence-corrected chi connectivity index (χ2v) is 7.82. The Labute approximate surface area is 181 Å². The summed E-state index contributed by atoms with van der Waals surface area (Å²) in [6, 6.07) is 16.9. The molecular formula is C25H24N4O2. The highest BCUT2D eigenvalue weighted by Crippen LogP contribution is 2.35. The van der Waals surface area contributed by atoms with Crippen LogP contribution < -0.4 is 5.56 Å². The van der Waals surface area contributed by atoms with Crippen molar-refractivity contribution in [2.45, 2.75) is 38.3 Å². The van der Waals surface area contributed by atoms with Crippen LogP contribution in [0.15, 0.2) is 66.0 Å². The molecule has 6 heteroatoms. The van der Waals surface area contributed by atoms with Crippen LogP contribution in [-0.4, -0.2) is 26.9 Å². The van der Waals surface area contributed by atoms with E-state index in [1.54, 1.807) is 27.7 Å². The number of aromatic nitrogens is 2. The average molecular weight is 412 g/mol. The largest absolute Gasteiger partial charge is 0.335 e. The zero-order valence-electron chi connectivity index (χ0n) is 17.3. The summed E-state index contributed by atoms with van der Waals surface area (Å²) in [5.74, 6) is 0.658. The first kappa shape index (κ1) is 20.5. The van der Waals surface area contributed by atoms with Crippen LogP contribution in [0.4, 0.5) is 0 Å². The van der Waals surface area contributed by atoms with Crippen molar-refractivity contribution in [1.29, 1.82) is 5.26 Å². The highest BCUT2D eigenvalue weighted by atomic mass is 16.2. The molecule has 0 bridgehead atoms. The van der Waals surface area contributed by atoms with Gasteiger partial charge in [-0.3, -0.25) is 14.2 Å². The third kappa shape index (κ3) is 4.56. The van der Waals surface area contributed by atoms with Crippen LogP contribution in [-0.2, 0) is 17.8 Å². The molecule has 0 unspecified atom stereocenters. The maximum atomic E-state index is 13.0. The number of nitriles is 1. The third-order valence-corrected chi connectivity index (χ3v) is 5.51. The molecule has 0 saturated heterocycles. The lowest BCUT2D eigenvalue weighted by Gasteiger charge is -2.22. The number of aryl methyl sites for hydroxylation is 1. The Bertz CT molecular complexity index is 1220. The van der Waals surface area contributed by atoms with Gasteiger partial charge in [-0.25, -0.2) is 4.98 Å². The summed E-state index contributed by atoms with van der Waals surface area (Å²) < 4.78 is 1.79. The minimum Gasteiger partial charge on any atom is -0.335 e. The molecule has 1 amide bonds. The maximum absolute atomic E-state index is 13.0. The van der Waals surface area contributed by atoms with Gasteiger partial charge >= 0.3 is 0 Å². The van der Waals surface area contributed by atoms with Crippen molar-refractivity contribution >= 4 is 16.8 Å². The van der Waals surface area contributed by atoms with E-state index in [4.69, 9.17) is 10.2 Å². The number of hydrogen-bond acceptors (Lipinski definition) is 4. The van der Waals surface area contributed by atoms with Gasteiger partial charge in [0.2, 0.25) is 5.91 Å². The van der Waals surface area contributed by atoms with Crippen LogP contribution in [0, 0.1) is 11.3 Å². The van der Waals surface area contributed by atoms with Gasteiger partial charge in [-0.05, 0) is 42.7 Å². The Kier molecular flexibility index (Phi) is 5.94. The Hall–Kier alpha value is -3.72. The van der Waals surface area contributed by atoms with Gasteiger partial charge in [0, 0.05) is 32.0 Å². The summed E-state index contributed by atoms with van der Waals surface area (Å²) >= 11 is 0. The molecule has 6 nitrogen and oxygen atoms in total. The molecule has 0 spiro atoms. The van der Waals surface area contributed by atoms with Crippen LogP contribution in [0.1, 0.15) is 42.3 Å². The van der Waals surface area contributed by atoms with Gasteiger partial charge in [-0.15, -0.1) is 6.58 Å². The van der Waals surface area contributed by atoms with E-state index < -0.39 is 0 Å². The Morgan fingerprint density at radius 3 is 2.65 bits per heavy atom. The molecule has 2 aromatic carbocycles. The van der Waals surface area contributed by atoms with Crippen molar-refractivity contribution in [3.05, 3.63) is 88.5 Å². The van der Waals surface area contributed by atoms with Gasteiger partial charge in [0.25, 0.3) is 5.56 Å². The van der Waals surface area contributed by atoms with E-state index in [9.17, 15) is 9.59 Å². The zero-order chi connectivity index (χ0) is 21.8. The fourth-order valence-corrected chi connectivity index (χ4v) is 3.77. The van der Waals surface area contributed by atoms with Crippen molar-refractivity contribution in [1.82, 2.24) is 14.5 Å². The molecule has 1 aliphatic rings. The number of amides is 1. The Morgan fingerprint density at radius 2 is 1.97 bits per heavy atom. The highest BCUT2D eigenvalue weighted by Gasteiger charge is 2.28. The number of carbonyl (C=O) groups is 1. The molecule has 1 aliphatic carbocycles. The van der Waals surface area contributed by atoms with Crippen molar-refractivity contribution in [3.8, 4) is 6.07 Å². The lowest BCUT2D eigenvalue weighted by Crippen LogP contribution is -2.32. The second kappa shape index (κ2) is 8.97. The third-order valence-electron chi connectivity index (χ3n) is 5.51. The van der Waals surface area contributed by atoms with Crippen molar-refractivity contribution in [3.63, 3.8) is 0 Å². The number of hydrogen-bond donors (Lipinski definition) is 0. The predicted octanol–water partition coefficient (Wildman–Crippen LogP) is 3.75. The summed E-state index contributed by atoms with van der Waals surface area (Å²) in [6.45, 7) is 4.64. The molecule has 31 heavy (non-hydrogen) atoms. The van der Waals surface area contributed by atoms with Crippen LogP contribution in [0.5, 0.6) is 0 Å². The summed E-state index contributed by atoms with van der Waals surface area (Å²) in [6.07, 6.45) is 4.33. The fourth-order valence-electron chi connectivity index (χ4n) is 3.77. The molecule has 1 saturated carbocycles. The second-order valence-electron chi connectivity index (χ2n) is 7.82. The van der Waals surface area contributed by atoms with Gasteiger partial charge in [0.1, 0.15) is 5.82 Å². The monoisotopic (exact) mass is 412 g/mol. The van der Waals surface area contributed by atoms with E-state index in [1.807, 2.05) is 36.4 Å². The van der Waals surface area contributed by atoms with Crippen LogP contribution >= 0.6 is 0 Å². The number of rotatable bonds is 8. The summed E-state index contributed by atoms with van der Waals surface area (Å²) in [7, 11) is 0. The predicted molar refractivity (Wildman–Crippen MR) is 119 cm³/mol. The fraction of sp³-hybridized carbons (Fsp3) is 0.280. The Balaban J connectivity index is 1.53. The smallest absolute Gasteiger partial charge is 0.261 e. The standard InChI is InChI=1S/C25H24N4O2/c1-2-15-28(17-19-9-7-18(16-26)8-10-19)24(30)14-13-23-27-22-6-4-3-5-21(22)25(31)29(23)20-11-12-20/h2-10,20H,1,11-15,17H2. The van der Waals surface area contributed by atoms with Crippen LogP contribution in [0.3, 0.4) is 0 Å². The lowest BCUT2D eigenvalue weighted by atomic mass is 10.1. The molecule has 1 heterocycles. The maximum Gasteiger partial charge on any atom is 0.261 e. The quantitative estimate of drug-likeness (QED) is 0.528. The Morgan fingerprint density at radius 1 is 1.23 bits per heavy atom. The minimum absolute atomic E-state index is 0.0175. The summed E-state index contributed by atoms with van der Waals surface area (Å²) in [4.78, 5) is 32.4.